The Labute approximate surface area is 97.5 Å². The van der Waals surface area contributed by atoms with E-state index in [0.717, 1.165) is 25.7 Å². The van der Waals surface area contributed by atoms with Crippen LogP contribution in [0.15, 0.2) is 0 Å². The molecule has 2 aliphatic carbocycles. The Morgan fingerprint density at radius 3 is 2.12 bits per heavy atom. The second kappa shape index (κ2) is 5.48. The lowest BCUT2D eigenvalue weighted by Gasteiger charge is -2.45. The maximum Gasteiger partial charge on any atom is 0.0462 e. The van der Waals surface area contributed by atoms with Crippen molar-refractivity contribution in [2.75, 3.05) is 19.8 Å². The van der Waals surface area contributed by atoms with Gasteiger partial charge in [-0.25, -0.2) is 0 Å². The van der Waals surface area contributed by atoms with E-state index in [1.165, 1.54) is 6.42 Å². The van der Waals surface area contributed by atoms with Crippen LogP contribution in [0.3, 0.4) is 0 Å². The number of aliphatic hydroxyl groups excluding tert-OH is 3. The van der Waals surface area contributed by atoms with Gasteiger partial charge in [0.2, 0.25) is 0 Å². The molecule has 0 heterocycles. The Bertz CT molecular complexity index is 211. The van der Waals surface area contributed by atoms with Gasteiger partial charge in [-0.15, -0.1) is 0 Å². The summed E-state index contributed by atoms with van der Waals surface area (Å²) in [6, 6.07) is 0. The molecule has 3 nitrogen and oxygen atoms in total. The fourth-order valence-electron chi connectivity index (χ4n) is 3.88. The number of aliphatic hydroxyl groups is 3. The van der Waals surface area contributed by atoms with E-state index in [0.29, 0.717) is 36.2 Å². The summed E-state index contributed by atoms with van der Waals surface area (Å²) in [7, 11) is 0. The fourth-order valence-corrected chi connectivity index (χ4v) is 3.88. The van der Waals surface area contributed by atoms with Gasteiger partial charge in [-0.3, -0.25) is 0 Å². The molecule has 2 aliphatic rings. The van der Waals surface area contributed by atoms with Gasteiger partial charge >= 0.3 is 0 Å². The largest absolute Gasteiger partial charge is 0.396 e. The summed E-state index contributed by atoms with van der Waals surface area (Å²) >= 11 is 0. The summed E-state index contributed by atoms with van der Waals surface area (Å²) in [6.45, 7) is 0.809. The predicted octanol–water partition coefficient (Wildman–Crippen LogP) is 1.02. The first-order valence-electron chi connectivity index (χ1n) is 6.61. The minimum Gasteiger partial charge on any atom is -0.396 e. The SMILES string of the molecule is OCC1CC(CO)C2CC(CO)CCC2C1. The van der Waals surface area contributed by atoms with Gasteiger partial charge in [-0.05, 0) is 61.7 Å². The second-order valence-electron chi connectivity index (χ2n) is 5.75. The number of fused-ring (bicyclic) bond motifs is 1. The highest BCUT2D eigenvalue weighted by atomic mass is 16.3. The van der Waals surface area contributed by atoms with Crippen LogP contribution in [0.1, 0.15) is 32.1 Å². The fraction of sp³-hybridized carbons (Fsp3) is 1.00. The smallest absolute Gasteiger partial charge is 0.0462 e. The quantitative estimate of drug-likeness (QED) is 0.676. The lowest BCUT2D eigenvalue weighted by Crippen LogP contribution is -2.40. The molecule has 2 saturated carbocycles. The molecule has 0 aromatic heterocycles. The molecule has 0 radical (unpaired) electrons. The normalized spacial score (nSPS) is 44.1. The molecule has 2 fully saturated rings. The molecule has 0 aromatic rings. The Balaban J connectivity index is 2.01. The molecule has 3 N–H and O–H groups in total. The highest BCUT2D eigenvalue weighted by Crippen LogP contribution is 2.47. The van der Waals surface area contributed by atoms with Crippen molar-refractivity contribution in [3.63, 3.8) is 0 Å². The Kier molecular flexibility index (Phi) is 4.22. The van der Waals surface area contributed by atoms with Crippen LogP contribution < -0.4 is 0 Å². The third-order valence-electron chi connectivity index (χ3n) is 4.79. The topological polar surface area (TPSA) is 60.7 Å². The van der Waals surface area contributed by atoms with E-state index in [-0.39, 0.29) is 13.2 Å². The number of hydrogen-bond donors (Lipinski definition) is 3. The summed E-state index contributed by atoms with van der Waals surface area (Å²) in [5.74, 6) is 2.44. The molecule has 0 spiro atoms. The van der Waals surface area contributed by atoms with Crippen LogP contribution in [0.2, 0.25) is 0 Å². The lowest BCUT2D eigenvalue weighted by atomic mass is 9.60. The van der Waals surface area contributed by atoms with E-state index in [2.05, 4.69) is 0 Å². The molecular weight excluding hydrogens is 204 g/mol. The molecule has 0 bridgehead atoms. The Hall–Kier alpha value is -0.120. The zero-order valence-corrected chi connectivity index (χ0v) is 9.89. The highest BCUT2D eigenvalue weighted by Gasteiger charge is 2.40. The molecule has 3 heteroatoms. The van der Waals surface area contributed by atoms with Gasteiger partial charge in [0, 0.05) is 19.8 Å². The van der Waals surface area contributed by atoms with Gasteiger partial charge in [0.15, 0.2) is 0 Å². The van der Waals surface area contributed by atoms with Gasteiger partial charge in [0.05, 0.1) is 0 Å². The third-order valence-corrected chi connectivity index (χ3v) is 4.79. The van der Waals surface area contributed by atoms with Gasteiger partial charge < -0.3 is 15.3 Å². The van der Waals surface area contributed by atoms with Crippen LogP contribution in [-0.2, 0) is 0 Å². The number of hydrogen-bond acceptors (Lipinski definition) is 3. The van der Waals surface area contributed by atoms with Crippen molar-refractivity contribution in [1.82, 2.24) is 0 Å². The molecule has 2 rings (SSSR count). The zero-order chi connectivity index (χ0) is 11.5. The predicted molar refractivity (Wildman–Crippen MR) is 61.8 cm³/mol. The van der Waals surface area contributed by atoms with Gasteiger partial charge in [-0.2, -0.15) is 0 Å². The first-order chi connectivity index (χ1) is 7.78. The summed E-state index contributed by atoms with van der Waals surface area (Å²) in [5, 5.41) is 28.0. The minimum absolute atomic E-state index is 0.246. The van der Waals surface area contributed by atoms with Gasteiger partial charge in [0.25, 0.3) is 0 Å². The average Bonchev–Trinajstić information content (AvgIpc) is 2.36. The third kappa shape index (κ3) is 2.41. The van der Waals surface area contributed by atoms with Crippen molar-refractivity contribution in [2.45, 2.75) is 32.1 Å². The first-order valence-corrected chi connectivity index (χ1v) is 6.61. The summed E-state index contributed by atoms with van der Waals surface area (Å²) < 4.78 is 0. The summed E-state index contributed by atoms with van der Waals surface area (Å²) in [6.07, 6.45) is 5.45. The van der Waals surface area contributed by atoms with Crippen molar-refractivity contribution < 1.29 is 15.3 Å². The molecule has 94 valence electrons. The molecule has 0 saturated heterocycles. The van der Waals surface area contributed by atoms with Crippen molar-refractivity contribution in [2.24, 2.45) is 29.6 Å². The number of rotatable bonds is 3. The lowest BCUT2D eigenvalue weighted by molar-refractivity contribution is -0.00836. The Morgan fingerprint density at radius 2 is 1.50 bits per heavy atom. The van der Waals surface area contributed by atoms with E-state index in [9.17, 15) is 15.3 Å². The van der Waals surface area contributed by atoms with Crippen molar-refractivity contribution in [1.29, 1.82) is 0 Å². The standard InChI is InChI=1S/C13H24O3/c14-6-9-1-2-11-3-10(7-15)4-12(8-16)13(11)5-9/h9-16H,1-8H2. The van der Waals surface area contributed by atoms with E-state index < -0.39 is 0 Å². The maximum absolute atomic E-state index is 9.46. The van der Waals surface area contributed by atoms with Crippen molar-refractivity contribution >= 4 is 0 Å². The molecule has 0 amide bonds. The van der Waals surface area contributed by atoms with Gasteiger partial charge in [-0.1, -0.05) is 0 Å². The van der Waals surface area contributed by atoms with E-state index in [4.69, 9.17) is 0 Å². The molecule has 5 unspecified atom stereocenters. The van der Waals surface area contributed by atoms with Gasteiger partial charge in [0.1, 0.15) is 0 Å². The average molecular weight is 228 g/mol. The van der Waals surface area contributed by atoms with Crippen LogP contribution in [-0.4, -0.2) is 35.1 Å². The van der Waals surface area contributed by atoms with E-state index >= 15 is 0 Å². The molecule has 5 atom stereocenters. The molecule has 16 heavy (non-hydrogen) atoms. The maximum atomic E-state index is 9.46. The van der Waals surface area contributed by atoms with E-state index in [1.807, 2.05) is 0 Å². The van der Waals surface area contributed by atoms with Crippen LogP contribution in [0.4, 0.5) is 0 Å². The monoisotopic (exact) mass is 228 g/mol. The van der Waals surface area contributed by atoms with Crippen LogP contribution in [0.5, 0.6) is 0 Å². The zero-order valence-electron chi connectivity index (χ0n) is 9.89. The molecule has 0 aliphatic heterocycles. The van der Waals surface area contributed by atoms with Crippen molar-refractivity contribution in [3.05, 3.63) is 0 Å². The minimum atomic E-state index is 0.246. The van der Waals surface area contributed by atoms with Crippen molar-refractivity contribution in [3.8, 4) is 0 Å². The second-order valence-corrected chi connectivity index (χ2v) is 5.75. The first kappa shape index (κ1) is 12.3. The Morgan fingerprint density at radius 1 is 0.750 bits per heavy atom. The van der Waals surface area contributed by atoms with Crippen LogP contribution in [0, 0.1) is 29.6 Å². The molecular formula is C13H24O3. The van der Waals surface area contributed by atoms with Crippen LogP contribution in [0.25, 0.3) is 0 Å². The van der Waals surface area contributed by atoms with Crippen LogP contribution >= 0.6 is 0 Å². The highest BCUT2D eigenvalue weighted by molar-refractivity contribution is 4.90. The summed E-state index contributed by atoms with van der Waals surface area (Å²) in [5.41, 5.74) is 0. The van der Waals surface area contributed by atoms with E-state index in [1.54, 1.807) is 0 Å². The molecule has 0 aromatic carbocycles. The summed E-state index contributed by atoms with van der Waals surface area (Å²) in [4.78, 5) is 0.